The highest BCUT2D eigenvalue weighted by Gasteiger charge is 2.52. The first-order chi connectivity index (χ1) is 19.6. The van der Waals surface area contributed by atoms with Gasteiger partial charge in [-0.15, -0.1) is 0 Å². The summed E-state index contributed by atoms with van der Waals surface area (Å²) in [6.45, 7) is 0.132. The molecule has 0 spiro atoms. The van der Waals surface area contributed by atoms with Crippen LogP contribution in [-0.2, 0) is 11.3 Å². The first kappa shape index (κ1) is 32.7. The van der Waals surface area contributed by atoms with Gasteiger partial charge in [0.1, 0.15) is 11.0 Å². The van der Waals surface area contributed by atoms with Crippen LogP contribution in [0.4, 0.5) is 33.3 Å². The number of rotatable bonds is 10. The third kappa shape index (κ3) is 8.38. The number of anilines is 2. The van der Waals surface area contributed by atoms with E-state index >= 15 is 0 Å². The van der Waals surface area contributed by atoms with E-state index in [0.717, 1.165) is 30.6 Å². The van der Waals surface area contributed by atoms with Crippen LogP contribution in [0.3, 0.4) is 0 Å². The van der Waals surface area contributed by atoms with E-state index in [2.05, 4.69) is 36.9 Å². The van der Waals surface area contributed by atoms with Crippen LogP contribution in [0.1, 0.15) is 40.1 Å². The highest BCUT2D eigenvalue weighted by molar-refractivity contribution is 9.10. The van der Waals surface area contributed by atoms with Crippen molar-refractivity contribution in [2.24, 2.45) is 5.41 Å². The van der Waals surface area contributed by atoms with Gasteiger partial charge in [0.2, 0.25) is 11.8 Å². The molecule has 224 valence electrons. The van der Waals surface area contributed by atoms with E-state index < -0.39 is 48.2 Å². The number of nitrogens with zero attached hydrogens (tertiary/aromatic N) is 1. The molecular weight excluding hydrogens is 655 g/mol. The maximum absolute atomic E-state index is 13.1. The maximum atomic E-state index is 13.1. The van der Waals surface area contributed by atoms with E-state index in [1.807, 2.05) is 0 Å². The molecule has 0 aliphatic carbocycles. The van der Waals surface area contributed by atoms with E-state index in [-0.39, 0.29) is 33.9 Å². The van der Waals surface area contributed by atoms with Gasteiger partial charge in [0.15, 0.2) is 6.61 Å². The van der Waals surface area contributed by atoms with Crippen LogP contribution in [0.5, 0.6) is 5.88 Å². The Balaban J connectivity index is 1.81. The smallest absolute Gasteiger partial charge is 0.402 e. The zero-order chi connectivity index (χ0) is 31.2. The number of benzene rings is 2. The highest BCUT2D eigenvalue weighted by Crippen LogP contribution is 2.37. The topological polar surface area (TPSA) is 109 Å². The highest BCUT2D eigenvalue weighted by atomic mass is 79.9. The molecule has 0 unspecified atom stereocenters. The SMILES string of the molecule is CC(C)(C(=O)NCc1ccc(Cl)c(C(=O)Nc2cnc(OCC(F)F)c(C(=O)Nc3ccc(Br)cc3)c2)c1)C(F)(F)F. The number of carbonyl (C=O) groups is 3. The van der Waals surface area contributed by atoms with Crippen LogP contribution >= 0.6 is 27.5 Å². The second kappa shape index (κ2) is 13.5. The van der Waals surface area contributed by atoms with Gasteiger partial charge in [0.05, 0.1) is 22.5 Å². The summed E-state index contributed by atoms with van der Waals surface area (Å²) in [5.41, 5.74) is -2.36. The average Bonchev–Trinajstić information content (AvgIpc) is 2.92. The standard InChI is InChI=1S/C27H23BrClF5N4O4/c1-26(2,27(32,33)34)25(41)36-11-14-3-8-20(29)18(9-14)22(39)38-17-10-19(24(35-12-17)42-13-21(30)31)23(40)37-16-6-4-15(28)5-7-16/h3-10,12,21H,11,13H2,1-2H3,(H,36,41)(H,37,40)(H,38,39). The zero-order valence-corrected chi connectivity index (χ0v) is 24.3. The van der Waals surface area contributed by atoms with E-state index in [1.165, 1.54) is 18.2 Å². The predicted molar refractivity (Wildman–Crippen MR) is 149 cm³/mol. The van der Waals surface area contributed by atoms with Crippen LogP contribution < -0.4 is 20.7 Å². The Bertz CT molecular complexity index is 1470. The number of carbonyl (C=O) groups excluding carboxylic acids is 3. The summed E-state index contributed by atoms with van der Waals surface area (Å²) in [4.78, 5) is 42.0. The molecule has 0 aliphatic rings. The molecule has 0 saturated carbocycles. The molecule has 3 N–H and O–H groups in total. The number of ether oxygens (including phenoxy) is 1. The van der Waals surface area contributed by atoms with E-state index in [0.29, 0.717) is 5.69 Å². The van der Waals surface area contributed by atoms with Crippen molar-refractivity contribution in [3.8, 4) is 5.88 Å². The van der Waals surface area contributed by atoms with E-state index in [4.69, 9.17) is 16.3 Å². The van der Waals surface area contributed by atoms with Crippen molar-refractivity contribution in [1.29, 1.82) is 0 Å². The molecule has 0 aliphatic heterocycles. The normalized spacial score (nSPS) is 11.7. The van der Waals surface area contributed by atoms with E-state index in [1.54, 1.807) is 24.3 Å². The van der Waals surface area contributed by atoms with Crippen LogP contribution in [0.15, 0.2) is 59.2 Å². The molecule has 3 rings (SSSR count). The number of pyridine rings is 1. The second-order valence-electron chi connectivity index (χ2n) is 9.31. The fourth-order valence-electron chi connectivity index (χ4n) is 3.26. The minimum absolute atomic E-state index is 0.0174. The predicted octanol–water partition coefficient (Wildman–Crippen LogP) is 6.85. The number of hydrogen-bond donors (Lipinski definition) is 3. The maximum Gasteiger partial charge on any atom is 0.402 e. The fourth-order valence-corrected chi connectivity index (χ4v) is 3.73. The lowest BCUT2D eigenvalue weighted by Gasteiger charge is -2.26. The first-order valence-corrected chi connectivity index (χ1v) is 13.2. The molecule has 0 saturated heterocycles. The Labute approximate surface area is 250 Å². The second-order valence-corrected chi connectivity index (χ2v) is 10.6. The first-order valence-electron chi connectivity index (χ1n) is 12.0. The molecule has 8 nitrogen and oxygen atoms in total. The van der Waals surface area contributed by atoms with Gasteiger partial charge in [-0.05, 0) is 61.9 Å². The Morgan fingerprint density at radius 2 is 1.57 bits per heavy atom. The van der Waals surface area contributed by atoms with Crippen molar-refractivity contribution >= 4 is 56.6 Å². The minimum Gasteiger partial charge on any atom is -0.471 e. The Morgan fingerprint density at radius 1 is 0.952 bits per heavy atom. The number of hydrogen-bond acceptors (Lipinski definition) is 5. The van der Waals surface area contributed by atoms with Crippen LogP contribution in [0.25, 0.3) is 0 Å². The Hall–Kier alpha value is -3.78. The lowest BCUT2D eigenvalue weighted by Crippen LogP contribution is -2.46. The summed E-state index contributed by atoms with van der Waals surface area (Å²) in [6.07, 6.45) is -6.54. The van der Waals surface area contributed by atoms with Gasteiger partial charge in [-0.1, -0.05) is 33.6 Å². The molecule has 3 amide bonds. The third-order valence-corrected chi connectivity index (χ3v) is 6.66. The molecule has 2 aromatic carbocycles. The van der Waals surface area contributed by atoms with Gasteiger partial charge in [0.25, 0.3) is 18.2 Å². The molecule has 3 aromatic rings. The van der Waals surface area contributed by atoms with Gasteiger partial charge >= 0.3 is 6.18 Å². The summed E-state index contributed by atoms with van der Waals surface area (Å²) in [5, 5.41) is 7.24. The van der Waals surface area contributed by atoms with E-state index in [9.17, 15) is 36.3 Å². The number of halogens is 7. The molecule has 0 bridgehead atoms. The van der Waals surface area contributed by atoms with Gasteiger partial charge in [-0.25, -0.2) is 13.8 Å². The summed E-state index contributed by atoms with van der Waals surface area (Å²) in [6, 6.07) is 11.7. The van der Waals surface area contributed by atoms with Crippen molar-refractivity contribution in [2.75, 3.05) is 17.2 Å². The van der Waals surface area contributed by atoms with Crippen molar-refractivity contribution in [3.63, 3.8) is 0 Å². The Morgan fingerprint density at radius 3 is 2.19 bits per heavy atom. The lowest BCUT2D eigenvalue weighted by atomic mass is 9.91. The Kier molecular flexibility index (Phi) is 10.5. The molecule has 42 heavy (non-hydrogen) atoms. The molecule has 0 radical (unpaired) electrons. The number of amides is 3. The summed E-state index contributed by atoms with van der Waals surface area (Å²) in [7, 11) is 0. The van der Waals surface area contributed by atoms with Crippen molar-refractivity contribution < 1.29 is 41.1 Å². The summed E-state index contributed by atoms with van der Waals surface area (Å²) < 4.78 is 70.7. The fraction of sp³-hybridized carbons (Fsp3) is 0.259. The van der Waals surface area contributed by atoms with Gasteiger partial charge < -0.3 is 20.7 Å². The number of alkyl halides is 5. The lowest BCUT2D eigenvalue weighted by molar-refractivity contribution is -0.211. The largest absolute Gasteiger partial charge is 0.471 e. The number of aromatic nitrogens is 1. The average molecular weight is 678 g/mol. The van der Waals surface area contributed by atoms with Crippen LogP contribution in [0, 0.1) is 5.41 Å². The molecule has 1 heterocycles. The molecule has 0 atom stereocenters. The van der Waals surface area contributed by atoms with Crippen molar-refractivity contribution in [2.45, 2.75) is 33.0 Å². The van der Waals surface area contributed by atoms with Crippen molar-refractivity contribution in [1.82, 2.24) is 10.3 Å². The van der Waals surface area contributed by atoms with Gasteiger partial charge in [0, 0.05) is 16.7 Å². The number of nitrogens with one attached hydrogen (secondary N) is 3. The molecular formula is C27H23BrClF5N4O4. The van der Waals surface area contributed by atoms with Gasteiger partial charge in [-0.2, -0.15) is 13.2 Å². The summed E-state index contributed by atoms with van der Waals surface area (Å²) >= 11 is 9.43. The monoisotopic (exact) mass is 676 g/mol. The van der Waals surface area contributed by atoms with Gasteiger partial charge in [-0.3, -0.25) is 14.4 Å². The van der Waals surface area contributed by atoms with Crippen LogP contribution in [0.2, 0.25) is 5.02 Å². The molecule has 15 heteroatoms. The third-order valence-electron chi connectivity index (χ3n) is 5.81. The van der Waals surface area contributed by atoms with Crippen molar-refractivity contribution in [3.05, 3.63) is 80.9 Å². The summed E-state index contributed by atoms with van der Waals surface area (Å²) in [5.74, 6) is -3.21. The molecule has 1 aromatic heterocycles. The zero-order valence-electron chi connectivity index (χ0n) is 21.9. The molecule has 0 fully saturated rings. The quantitative estimate of drug-likeness (QED) is 0.204. The van der Waals surface area contributed by atoms with Crippen LogP contribution in [-0.4, -0.2) is 41.9 Å². The minimum atomic E-state index is -4.77.